The Morgan fingerprint density at radius 3 is 2.87 bits per heavy atom. The molecule has 1 atom stereocenters. The van der Waals surface area contributed by atoms with Gasteiger partial charge in [-0.2, -0.15) is 0 Å². The number of H-pyrrole nitrogens is 1. The number of benzene rings is 2. The Hall–Kier alpha value is -2.77. The molecule has 1 fully saturated rings. The highest BCUT2D eigenvalue weighted by Crippen LogP contribution is 2.18. The van der Waals surface area contributed by atoms with Gasteiger partial charge in [-0.1, -0.05) is 18.2 Å². The lowest BCUT2D eigenvalue weighted by Crippen LogP contribution is -2.40. The highest BCUT2D eigenvalue weighted by Gasteiger charge is 2.22. The largest absolute Gasteiger partial charge is 0.376 e. The number of nitrogens with zero attached hydrogens (tertiary/aromatic N) is 2. The van der Waals surface area contributed by atoms with Gasteiger partial charge in [-0.25, -0.2) is 4.98 Å². The molecule has 0 saturated carbocycles. The van der Waals surface area contributed by atoms with E-state index in [2.05, 4.69) is 41.3 Å². The number of aromatic amines is 1. The molecule has 0 aliphatic carbocycles. The lowest BCUT2D eigenvalue weighted by molar-refractivity contribution is 0.0900. The minimum absolute atomic E-state index is 0.122. The molecule has 2 heterocycles. The smallest absolute Gasteiger partial charge is 0.258 e. The normalized spacial score (nSPS) is 16.0. The molecule has 0 unspecified atom stereocenters. The first-order chi connectivity index (χ1) is 14.5. The van der Waals surface area contributed by atoms with Crippen molar-refractivity contribution in [3.63, 3.8) is 0 Å². The van der Waals surface area contributed by atoms with Gasteiger partial charge in [-0.15, -0.1) is 0 Å². The van der Waals surface area contributed by atoms with Crippen LogP contribution in [0.2, 0.25) is 0 Å². The van der Waals surface area contributed by atoms with E-state index in [1.165, 1.54) is 11.1 Å². The number of ether oxygens (including phenoxy) is 1. The summed E-state index contributed by atoms with van der Waals surface area (Å²) in [7, 11) is 0. The molecule has 1 aromatic heterocycles. The Balaban J connectivity index is 1.58. The highest BCUT2D eigenvalue weighted by molar-refractivity contribution is 7.80. The van der Waals surface area contributed by atoms with Crippen LogP contribution < -0.4 is 10.9 Å². The molecule has 0 radical (unpaired) electrons. The summed E-state index contributed by atoms with van der Waals surface area (Å²) < 4.78 is 5.83. The first-order valence-electron chi connectivity index (χ1n) is 10.2. The van der Waals surface area contributed by atoms with Crippen LogP contribution in [0.25, 0.3) is 10.9 Å². The van der Waals surface area contributed by atoms with E-state index in [4.69, 9.17) is 17.0 Å². The summed E-state index contributed by atoms with van der Waals surface area (Å²) in [6.45, 7) is 5.99. The molecule has 30 heavy (non-hydrogen) atoms. The van der Waals surface area contributed by atoms with Gasteiger partial charge in [0.05, 0.1) is 23.6 Å². The summed E-state index contributed by atoms with van der Waals surface area (Å²) in [5.74, 6) is 0.584. The second-order valence-corrected chi connectivity index (χ2v) is 8.16. The van der Waals surface area contributed by atoms with E-state index in [1.54, 1.807) is 6.07 Å². The summed E-state index contributed by atoms with van der Waals surface area (Å²) in [5, 5.41) is 4.51. The summed E-state index contributed by atoms with van der Waals surface area (Å²) >= 11 is 5.74. The van der Waals surface area contributed by atoms with Crippen LogP contribution in [0.4, 0.5) is 5.69 Å². The Morgan fingerprint density at radius 1 is 1.27 bits per heavy atom. The molecule has 156 valence electrons. The number of nitrogens with one attached hydrogen (secondary N) is 2. The van der Waals surface area contributed by atoms with Gasteiger partial charge < -0.3 is 19.9 Å². The van der Waals surface area contributed by atoms with Crippen molar-refractivity contribution in [1.82, 2.24) is 14.9 Å². The van der Waals surface area contributed by atoms with E-state index in [-0.39, 0.29) is 11.7 Å². The molecule has 7 heteroatoms. The Labute approximate surface area is 181 Å². The van der Waals surface area contributed by atoms with Crippen LogP contribution in [0, 0.1) is 13.8 Å². The number of hydrogen-bond donors (Lipinski definition) is 2. The minimum Gasteiger partial charge on any atom is -0.376 e. The van der Waals surface area contributed by atoms with E-state index in [0.29, 0.717) is 34.9 Å². The van der Waals surface area contributed by atoms with E-state index >= 15 is 0 Å². The minimum atomic E-state index is -0.138. The molecule has 1 aliphatic rings. The van der Waals surface area contributed by atoms with Gasteiger partial charge >= 0.3 is 0 Å². The van der Waals surface area contributed by atoms with Crippen LogP contribution in [-0.2, 0) is 11.3 Å². The number of fused-ring (bicyclic) bond motifs is 1. The maximum Gasteiger partial charge on any atom is 0.258 e. The molecule has 0 amide bonds. The Kier molecular flexibility index (Phi) is 6.11. The SMILES string of the molecule is Cc1ccc(NC(=S)N(Cc2nc3ccccc3c(=O)[nH]2)C[C@H]2CCCO2)cc1C. The average Bonchev–Trinajstić information content (AvgIpc) is 3.23. The molecule has 6 nitrogen and oxygen atoms in total. The molecular weight excluding hydrogens is 396 g/mol. The van der Waals surface area contributed by atoms with Crippen molar-refractivity contribution in [3.05, 3.63) is 69.8 Å². The second kappa shape index (κ2) is 8.93. The van der Waals surface area contributed by atoms with Crippen molar-refractivity contribution in [2.75, 3.05) is 18.5 Å². The molecule has 2 N–H and O–H groups in total. The maximum absolute atomic E-state index is 12.5. The quantitative estimate of drug-likeness (QED) is 0.608. The van der Waals surface area contributed by atoms with Crippen LogP contribution in [0.15, 0.2) is 47.3 Å². The fraction of sp³-hybridized carbons (Fsp3) is 0.348. The Bertz CT molecular complexity index is 1120. The first-order valence-corrected chi connectivity index (χ1v) is 10.6. The highest BCUT2D eigenvalue weighted by atomic mass is 32.1. The fourth-order valence-corrected chi connectivity index (χ4v) is 3.92. The van der Waals surface area contributed by atoms with Crippen molar-refractivity contribution in [2.45, 2.75) is 39.3 Å². The third-order valence-electron chi connectivity index (χ3n) is 5.50. The predicted octanol–water partition coefficient (Wildman–Crippen LogP) is 3.92. The third-order valence-corrected chi connectivity index (χ3v) is 5.86. The maximum atomic E-state index is 12.5. The molecular formula is C23H26N4O2S. The van der Waals surface area contributed by atoms with Crippen LogP contribution >= 0.6 is 12.2 Å². The number of para-hydroxylation sites is 1. The molecule has 4 rings (SSSR count). The first kappa shape index (κ1) is 20.5. The van der Waals surface area contributed by atoms with Gasteiger partial charge in [-0.05, 0) is 74.3 Å². The number of anilines is 1. The van der Waals surface area contributed by atoms with E-state index < -0.39 is 0 Å². The van der Waals surface area contributed by atoms with Crippen LogP contribution in [0.5, 0.6) is 0 Å². The molecule has 0 spiro atoms. The fourth-order valence-electron chi connectivity index (χ4n) is 3.67. The number of thiocarbonyl (C=S) groups is 1. The Morgan fingerprint density at radius 2 is 2.10 bits per heavy atom. The van der Waals surface area contributed by atoms with Crippen molar-refractivity contribution < 1.29 is 4.74 Å². The number of hydrogen-bond acceptors (Lipinski definition) is 4. The average molecular weight is 423 g/mol. The zero-order chi connectivity index (χ0) is 21.1. The van der Waals surface area contributed by atoms with Gasteiger partial charge in [0, 0.05) is 18.8 Å². The zero-order valence-corrected chi connectivity index (χ0v) is 18.1. The van der Waals surface area contributed by atoms with Crippen LogP contribution in [0.1, 0.15) is 29.8 Å². The molecule has 1 saturated heterocycles. The number of aromatic nitrogens is 2. The molecule has 0 bridgehead atoms. The summed E-state index contributed by atoms with van der Waals surface area (Å²) in [6.07, 6.45) is 2.18. The van der Waals surface area contributed by atoms with Crippen LogP contribution in [-0.4, -0.2) is 39.2 Å². The van der Waals surface area contributed by atoms with Crippen molar-refractivity contribution in [1.29, 1.82) is 0 Å². The number of rotatable bonds is 5. The molecule has 2 aromatic carbocycles. The van der Waals surface area contributed by atoms with Crippen molar-refractivity contribution in [2.24, 2.45) is 0 Å². The van der Waals surface area contributed by atoms with Crippen molar-refractivity contribution >= 4 is 33.9 Å². The topological polar surface area (TPSA) is 70.2 Å². The number of aryl methyl sites for hydroxylation is 2. The summed E-state index contributed by atoms with van der Waals surface area (Å²) in [6, 6.07) is 13.5. The monoisotopic (exact) mass is 422 g/mol. The van der Waals surface area contributed by atoms with E-state index in [0.717, 1.165) is 25.1 Å². The van der Waals surface area contributed by atoms with Gasteiger partial charge in [0.1, 0.15) is 5.82 Å². The molecule has 3 aromatic rings. The van der Waals surface area contributed by atoms with Gasteiger partial charge in [0.15, 0.2) is 5.11 Å². The van der Waals surface area contributed by atoms with Crippen LogP contribution in [0.3, 0.4) is 0 Å². The second-order valence-electron chi connectivity index (χ2n) is 7.77. The van der Waals surface area contributed by atoms with E-state index in [1.807, 2.05) is 29.2 Å². The third kappa shape index (κ3) is 4.68. The predicted molar refractivity (Wildman–Crippen MR) is 124 cm³/mol. The molecule has 1 aliphatic heterocycles. The van der Waals surface area contributed by atoms with Crippen molar-refractivity contribution in [3.8, 4) is 0 Å². The lowest BCUT2D eigenvalue weighted by atomic mass is 10.1. The summed E-state index contributed by atoms with van der Waals surface area (Å²) in [4.78, 5) is 22.0. The van der Waals surface area contributed by atoms with E-state index in [9.17, 15) is 4.79 Å². The lowest BCUT2D eigenvalue weighted by Gasteiger charge is -2.28. The van der Waals surface area contributed by atoms with Gasteiger partial charge in [0.25, 0.3) is 5.56 Å². The zero-order valence-electron chi connectivity index (χ0n) is 17.3. The standard InChI is InChI=1S/C23H26N4O2S/c1-15-9-10-17(12-16(15)2)24-23(30)27(13-18-6-5-11-29-18)14-21-25-20-8-4-3-7-19(20)22(28)26-21/h3-4,7-10,12,18H,5-6,11,13-14H2,1-2H3,(H,24,30)(H,25,26,28)/t18-/m1/s1. The van der Waals surface area contributed by atoms with Gasteiger partial charge in [0.2, 0.25) is 0 Å². The summed E-state index contributed by atoms with van der Waals surface area (Å²) in [5.41, 5.74) is 3.93. The van der Waals surface area contributed by atoms with Gasteiger partial charge in [-0.3, -0.25) is 4.79 Å².